The van der Waals surface area contributed by atoms with Crippen molar-refractivity contribution in [3.63, 3.8) is 0 Å². The average molecular weight is 133 g/mol. The fourth-order valence-corrected chi connectivity index (χ4v) is 0.568. The van der Waals surface area contributed by atoms with Crippen LogP contribution in [0.15, 0.2) is 0 Å². The Morgan fingerprint density at radius 3 is 2.83 bits per heavy atom. The Morgan fingerprint density at radius 1 is 2.33 bits per heavy atom. The van der Waals surface area contributed by atoms with Crippen LogP contribution in [0.2, 0.25) is 0 Å². The van der Waals surface area contributed by atoms with Crippen LogP contribution in [-0.2, 0) is 0 Å². The van der Waals surface area contributed by atoms with E-state index in [1.54, 1.807) is 0 Å². The van der Waals surface area contributed by atoms with Gasteiger partial charge < -0.3 is 0 Å². The van der Waals surface area contributed by atoms with Gasteiger partial charge in [0.15, 0.2) is 0 Å². The average Bonchev–Trinajstić information content (AvgIpc) is 1.66. The molecular weight excluding hydrogens is 120 g/mol. The summed E-state index contributed by atoms with van der Waals surface area (Å²) in [4.78, 5) is 8.63. The van der Waals surface area contributed by atoms with Gasteiger partial charge in [-0.2, -0.15) is 0 Å². The van der Waals surface area contributed by atoms with Crippen molar-refractivity contribution in [3.8, 4) is 0 Å². The van der Waals surface area contributed by atoms with E-state index in [2.05, 4.69) is 0 Å². The third kappa shape index (κ3) is 4.81. The molecule has 0 amide bonds. The van der Waals surface area contributed by atoms with Crippen LogP contribution in [0.3, 0.4) is 0 Å². The molecule has 1 N–H and O–H groups in total. The summed E-state index contributed by atoms with van der Waals surface area (Å²) in [5.41, 5.74) is 0. The number of hydrogen-bond donors (Lipinski definition) is 1. The second kappa shape index (κ2) is 3.99. The molecule has 0 bridgehead atoms. The van der Waals surface area contributed by atoms with Gasteiger partial charge in [-0.25, -0.2) is 0 Å². The molecule has 0 aliphatic heterocycles. The van der Waals surface area contributed by atoms with Gasteiger partial charge in [-0.05, 0) is 0 Å². The van der Waals surface area contributed by atoms with Crippen molar-refractivity contribution in [3.05, 3.63) is 0 Å². The van der Waals surface area contributed by atoms with Crippen LogP contribution in [0, 0.1) is 0 Å². The van der Waals surface area contributed by atoms with E-state index in [0.29, 0.717) is 0 Å². The number of rotatable bonds is 2. The van der Waals surface area contributed by atoms with E-state index in [0.717, 1.165) is 6.66 Å². The monoisotopic (exact) mass is 133 g/mol. The minimum atomic E-state index is -4.63. The van der Waals surface area contributed by atoms with E-state index in [-0.39, 0.29) is 7.28 Å². The topological polar surface area (TPSA) is 20.2 Å². The molecule has 0 aromatic rings. The van der Waals surface area contributed by atoms with Crippen molar-refractivity contribution in [1.82, 2.24) is 0 Å². The molecule has 0 spiro atoms. The summed E-state index contributed by atoms with van der Waals surface area (Å²) in [6, 6.07) is 0. The van der Waals surface area contributed by atoms with Crippen molar-refractivity contribution in [1.29, 1.82) is 3.84 Å². The SMILES string of the molecule is [3H]P([3H])([3H])([B]F)P(C)O. The summed E-state index contributed by atoms with van der Waals surface area (Å²) in [6.07, 6.45) is 0. The van der Waals surface area contributed by atoms with Crippen LogP contribution < -0.4 is 0 Å². The van der Waals surface area contributed by atoms with Crippen molar-refractivity contribution in [2.45, 2.75) is 0 Å². The first kappa shape index (κ1) is 2.97. The predicted molar refractivity (Wildman–Crippen MR) is 33.0 cm³/mol. The summed E-state index contributed by atoms with van der Waals surface area (Å²) in [7, 11) is -7.07. The van der Waals surface area contributed by atoms with E-state index in [1.165, 1.54) is 0 Å². The second-order valence-corrected chi connectivity index (χ2v) is 4.54. The summed E-state index contributed by atoms with van der Waals surface area (Å²) in [5.74, 6) is 0. The molecule has 0 saturated heterocycles. The molecule has 0 aromatic carbocycles. The Labute approximate surface area is 43.9 Å². The molecule has 37 valence electrons. The molecule has 0 heterocycles. The molecule has 0 fully saturated rings. The molecule has 6 heavy (non-hydrogen) atoms. The molecule has 0 aliphatic rings. The fraction of sp³-hybridized carbons (Fsp3) is 1.00. The minimum absolute atomic E-state index is 0.308. The normalized spacial score (nSPS) is 30.5. The summed E-state index contributed by atoms with van der Waals surface area (Å²) in [5, 5.41) is 0. The second-order valence-electron chi connectivity index (χ2n) is 0.703. The third-order valence-corrected chi connectivity index (χ3v) is 1.90. The first-order valence-electron chi connectivity index (χ1n) is 2.67. The van der Waals surface area contributed by atoms with Crippen LogP contribution in [0.25, 0.3) is 0 Å². The van der Waals surface area contributed by atoms with E-state index in [4.69, 9.17) is 8.73 Å². The zero-order valence-electron chi connectivity index (χ0n) is 6.30. The van der Waals surface area contributed by atoms with Gasteiger partial charge in [-0.3, -0.25) is 0 Å². The Bertz CT molecular complexity index is 112. The van der Waals surface area contributed by atoms with Gasteiger partial charge in [0.1, 0.15) is 0 Å². The molecule has 1 unspecified atom stereocenters. The van der Waals surface area contributed by atoms with Crippen molar-refractivity contribution in [2.75, 3.05) is 6.66 Å². The van der Waals surface area contributed by atoms with Crippen LogP contribution in [-0.4, -0.2) is 22.7 Å². The number of halogens is 1. The van der Waals surface area contributed by atoms with Crippen LogP contribution >= 0.6 is 15.8 Å². The summed E-state index contributed by atoms with van der Waals surface area (Å²) in [6.45, 7) is 1.14. The molecule has 0 aromatic heterocycles. The standard InChI is InChI=1S/CH7BFOP2/c1-6(4)5-2-3/h4H,1,5H3/i5T3. The molecule has 0 saturated carbocycles. The zero-order chi connectivity index (χ0) is 7.73. The van der Waals surface area contributed by atoms with Gasteiger partial charge in [0.2, 0.25) is 0 Å². The molecule has 1 atom stereocenters. The van der Waals surface area contributed by atoms with Crippen LogP contribution in [0.4, 0.5) is 4.32 Å². The van der Waals surface area contributed by atoms with Crippen LogP contribution in [0.5, 0.6) is 0 Å². The van der Waals surface area contributed by atoms with Gasteiger partial charge in [-0.1, -0.05) is 0 Å². The van der Waals surface area contributed by atoms with Crippen molar-refractivity contribution in [2.24, 2.45) is 0 Å². The quantitative estimate of drug-likeness (QED) is 0.431. The van der Waals surface area contributed by atoms with Gasteiger partial charge >= 0.3 is 42.8 Å². The molecule has 0 aliphatic carbocycles. The Balaban J connectivity index is 4.30. The first-order valence-corrected chi connectivity index (χ1v) is 4.73. The summed E-state index contributed by atoms with van der Waals surface area (Å²) < 4.78 is 32.0. The summed E-state index contributed by atoms with van der Waals surface area (Å²) >= 11 is 0. The fourth-order valence-electron chi connectivity index (χ4n) is 0.0632. The molecule has 1 radical (unpaired) electrons. The van der Waals surface area contributed by atoms with E-state index in [9.17, 15) is 4.32 Å². The third-order valence-electron chi connectivity index (χ3n) is 0.211. The predicted octanol–water partition coefficient (Wildman–Crippen LogP) is 0.567. The van der Waals surface area contributed by atoms with Crippen molar-refractivity contribution >= 4 is 23.1 Å². The molecule has 5 heteroatoms. The van der Waals surface area contributed by atoms with Crippen molar-refractivity contribution < 1.29 is 9.21 Å². The Hall–Kier alpha value is 0.815. The molecule has 0 rings (SSSR count). The van der Waals surface area contributed by atoms with E-state index < -0.39 is 15.8 Å². The molecule has 1 nitrogen and oxygen atoms in total. The maximum absolute atomic E-state index is 11.6. The van der Waals surface area contributed by atoms with E-state index >= 15 is 0 Å². The van der Waals surface area contributed by atoms with Gasteiger partial charge in [0.25, 0.3) is 0 Å². The van der Waals surface area contributed by atoms with Gasteiger partial charge in [-0.15, -0.1) is 0 Å². The number of hydrogen-bond acceptors (Lipinski definition) is 1. The zero-order valence-corrected chi connectivity index (χ0v) is 5.09. The first-order chi connectivity index (χ1) is 3.78. The van der Waals surface area contributed by atoms with E-state index in [1.807, 2.05) is 0 Å². The Morgan fingerprint density at radius 2 is 2.83 bits per heavy atom. The molecular formula is CH7BFOP2. The van der Waals surface area contributed by atoms with Gasteiger partial charge in [0, 0.05) is 0 Å². The van der Waals surface area contributed by atoms with Gasteiger partial charge in [0.05, 0.1) is 0 Å². The Kier molecular flexibility index (Phi) is 1.97. The maximum atomic E-state index is 11.6. The van der Waals surface area contributed by atoms with Crippen LogP contribution in [0.1, 0.15) is 0 Å².